The Labute approximate surface area is 150 Å². The summed E-state index contributed by atoms with van der Waals surface area (Å²) in [5.41, 5.74) is 3.94. The van der Waals surface area contributed by atoms with E-state index >= 15 is 0 Å². The maximum atomic E-state index is 11.5. The summed E-state index contributed by atoms with van der Waals surface area (Å²) >= 11 is 0. The number of rotatable bonds is 3. The van der Waals surface area contributed by atoms with E-state index in [1.54, 1.807) is 24.3 Å². The normalized spacial score (nSPS) is 23.0. The third-order valence-electron chi connectivity index (χ3n) is 5.42. The van der Waals surface area contributed by atoms with E-state index in [-0.39, 0.29) is 34.1 Å². The summed E-state index contributed by atoms with van der Waals surface area (Å²) in [6.07, 6.45) is 4.97. The molecule has 2 aliphatic rings. The van der Waals surface area contributed by atoms with Crippen molar-refractivity contribution in [2.75, 3.05) is 5.32 Å². The average molecular weight is 350 g/mol. The molecule has 0 aromatic heterocycles. The minimum atomic E-state index is -0.953. The van der Waals surface area contributed by atoms with Crippen LogP contribution in [0.2, 0.25) is 0 Å². The molecule has 0 bridgehead atoms. The van der Waals surface area contributed by atoms with Crippen LogP contribution in [0.5, 0.6) is 0 Å². The van der Waals surface area contributed by atoms with Crippen molar-refractivity contribution < 1.29 is 14.8 Å². The Kier molecular flexibility index (Phi) is 3.76. The van der Waals surface area contributed by atoms with Crippen molar-refractivity contribution in [3.8, 4) is 0 Å². The maximum absolute atomic E-state index is 11.5. The first kappa shape index (κ1) is 16.3. The molecule has 2 aromatic rings. The molecule has 26 heavy (non-hydrogen) atoms. The van der Waals surface area contributed by atoms with Gasteiger partial charge in [-0.15, -0.1) is 0 Å². The highest BCUT2D eigenvalue weighted by atomic mass is 16.6. The van der Waals surface area contributed by atoms with E-state index in [9.17, 15) is 14.9 Å². The van der Waals surface area contributed by atoms with Crippen LogP contribution < -0.4 is 5.32 Å². The molecule has 0 amide bonds. The van der Waals surface area contributed by atoms with Crippen LogP contribution >= 0.6 is 0 Å². The highest BCUT2D eigenvalue weighted by Gasteiger charge is 2.42. The van der Waals surface area contributed by atoms with Gasteiger partial charge in [-0.25, -0.2) is 4.79 Å². The van der Waals surface area contributed by atoms with E-state index in [4.69, 9.17) is 5.11 Å². The molecule has 4 rings (SSSR count). The monoisotopic (exact) mass is 350 g/mol. The van der Waals surface area contributed by atoms with E-state index in [1.807, 2.05) is 19.1 Å². The highest BCUT2D eigenvalue weighted by molar-refractivity contribution is 5.87. The lowest BCUT2D eigenvalue weighted by molar-refractivity contribution is -0.385. The molecule has 0 fully saturated rings. The summed E-state index contributed by atoms with van der Waals surface area (Å²) in [6.45, 7) is 1.94. The summed E-state index contributed by atoms with van der Waals surface area (Å²) in [5, 5.41) is 24.1. The van der Waals surface area contributed by atoms with Gasteiger partial charge in [0.2, 0.25) is 0 Å². The van der Waals surface area contributed by atoms with E-state index < -0.39 is 5.97 Å². The molecular formula is C20H18N2O4. The molecule has 1 heterocycles. The van der Waals surface area contributed by atoms with Gasteiger partial charge in [0.25, 0.3) is 5.69 Å². The van der Waals surface area contributed by atoms with Crippen molar-refractivity contribution >= 4 is 17.3 Å². The Bertz CT molecular complexity index is 934. The van der Waals surface area contributed by atoms with E-state index in [0.717, 1.165) is 28.8 Å². The topological polar surface area (TPSA) is 92.5 Å². The van der Waals surface area contributed by atoms with Crippen molar-refractivity contribution in [1.29, 1.82) is 0 Å². The number of aromatic carboxylic acids is 1. The molecule has 2 N–H and O–H groups in total. The second-order valence-corrected chi connectivity index (χ2v) is 6.85. The van der Waals surface area contributed by atoms with Gasteiger partial charge in [0, 0.05) is 17.7 Å². The van der Waals surface area contributed by atoms with Gasteiger partial charge in [-0.3, -0.25) is 10.1 Å². The summed E-state index contributed by atoms with van der Waals surface area (Å²) in [7, 11) is 0. The highest BCUT2D eigenvalue weighted by Crippen LogP contribution is 2.53. The summed E-state index contributed by atoms with van der Waals surface area (Å²) in [5.74, 6) is -0.806. The van der Waals surface area contributed by atoms with E-state index in [0.29, 0.717) is 0 Å². The lowest BCUT2D eigenvalue weighted by Gasteiger charge is -2.38. The molecular weight excluding hydrogens is 332 g/mol. The van der Waals surface area contributed by atoms with Crippen LogP contribution in [0, 0.1) is 23.0 Å². The fraction of sp³-hybridized carbons (Fsp3) is 0.250. The summed E-state index contributed by atoms with van der Waals surface area (Å²) in [4.78, 5) is 22.3. The fourth-order valence-electron chi connectivity index (χ4n) is 4.16. The third kappa shape index (κ3) is 2.45. The zero-order valence-electron chi connectivity index (χ0n) is 14.2. The Morgan fingerprint density at radius 1 is 1.23 bits per heavy atom. The number of aryl methyl sites for hydroxylation is 1. The van der Waals surface area contributed by atoms with Crippen LogP contribution in [-0.2, 0) is 0 Å². The third-order valence-corrected chi connectivity index (χ3v) is 5.42. The number of hydrogen-bond acceptors (Lipinski definition) is 4. The lowest BCUT2D eigenvalue weighted by Crippen LogP contribution is -2.30. The van der Waals surface area contributed by atoms with Gasteiger partial charge >= 0.3 is 5.97 Å². The second kappa shape index (κ2) is 5.98. The number of carboxylic acid groups (broad SMARTS) is 1. The van der Waals surface area contributed by atoms with Crippen LogP contribution in [0.15, 0.2) is 48.6 Å². The van der Waals surface area contributed by atoms with Crippen molar-refractivity contribution in [2.45, 2.75) is 25.3 Å². The number of nitro benzene ring substituents is 1. The Morgan fingerprint density at radius 3 is 2.62 bits per heavy atom. The molecule has 0 saturated carbocycles. The minimum Gasteiger partial charge on any atom is -0.478 e. The molecule has 0 radical (unpaired) electrons. The molecule has 1 aliphatic heterocycles. The van der Waals surface area contributed by atoms with Crippen LogP contribution in [0.1, 0.15) is 45.4 Å². The smallest absolute Gasteiger partial charge is 0.335 e. The van der Waals surface area contributed by atoms with Gasteiger partial charge in [-0.1, -0.05) is 30.4 Å². The standard InChI is InChI=1S/C20H18N2O4/c1-11-5-10-16(22(25)26)17-14-3-2-4-15(14)19(21-18(11)17)12-6-8-13(9-7-12)20(23)24/h2-3,5-10,14-15,19,21H,4H2,1H3,(H,23,24)/t14-,15+,19-/m1/s1. The molecule has 0 saturated heterocycles. The van der Waals surface area contributed by atoms with Gasteiger partial charge in [-0.2, -0.15) is 0 Å². The van der Waals surface area contributed by atoms with Crippen LogP contribution in [0.3, 0.4) is 0 Å². The van der Waals surface area contributed by atoms with Gasteiger partial charge in [-0.05, 0) is 42.5 Å². The number of anilines is 1. The first-order valence-corrected chi connectivity index (χ1v) is 8.51. The molecule has 3 atom stereocenters. The van der Waals surface area contributed by atoms with Crippen molar-refractivity contribution in [1.82, 2.24) is 0 Å². The quantitative estimate of drug-likeness (QED) is 0.485. The van der Waals surface area contributed by atoms with Crippen molar-refractivity contribution in [2.24, 2.45) is 5.92 Å². The number of benzene rings is 2. The molecule has 132 valence electrons. The number of nitrogens with one attached hydrogen (secondary N) is 1. The fourth-order valence-corrected chi connectivity index (χ4v) is 4.16. The zero-order valence-corrected chi connectivity index (χ0v) is 14.2. The van der Waals surface area contributed by atoms with Crippen molar-refractivity contribution in [3.63, 3.8) is 0 Å². The molecule has 0 spiro atoms. The van der Waals surface area contributed by atoms with E-state index in [2.05, 4.69) is 17.5 Å². The molecule has 6 nitrogen and oxygen atoms in total. The lowest BCUT2D eigenvalue weighted by atomic mass is 9.75. The maximum Gasteiger partial charge on any atom is 0.335 e. The number of allylic oxidation sites excluding steroid dienone is 2. The SMILES string of the molecule is Cc1ccc([N+](=O)[O-])c2c1N[C@H](c1ccc(C(=O)O)cc1)[C@H]1CC=C[C@@H]21. The molecule has 2 aromatic carbocycles. The average Bonchev–Trinajstić information content (AvgIpc) is 3.11. The van der Waals surface area contributed by atoms with Crippen LogP contribution in [0.4, 0.5) is 11.4 Å². The van der Waals surface area contributed by atoms with Gasteiger partial charge in [0.15, 0.2) is 0 Å². The Balaban J connectivity index is 1.81. The first-order chi connectivity index (χ1) is 12.5. The van der Waals surface area contributed by atoms with Gasteiger partial charge in [0.1, 0.15) is 0 Å². The van der Waals surface area contributed by atoms with Crippen LogP contribution in [-0.4, -0.2) is 16.0 Å². The second-order valence-electron chi connectivity index (χ2n) is 6.85. The van der Waals surface area contributed by atoms with Crippen molar-refractivity contribution in [3.05, 3.63) is 80.9 Å². The number of hydrogen-bond donors (Lipinski definition) is 2. The summed E-state index contributed by atoms with van der Waals surface area (Å²) < 4.78 is 0. The Hall–Kier alpha value is -3.15. The van der Waals surface area contributed by atoms with Gasteiger partial charge < -0.3 is 10.4 Å². The van der Waals surface area contributed by atoms with Crippen LogP contribution in [0.25, 0.3) is 0 Å². The predicted molar refractivity (Wildman–Crippen MR) is 97.6 cm³/mol. The zero-order chi connectivity index (χ0) is 18.4. The Morgan fingerprint density at radius 2 is 1.96 bits per heavy atom. The van der Waals surface area contributed by atoms with Gasteiger partial charge in [0.05, 0.1) is 22.1 Å². The number of nitro groups is 1. The number of carbonyl (C=O) groups is 1. The first-order valence-electron chi connectivity index (χ1n) is 8.51. The largest absolute Gasteiger partial charge is 0.478 e. The number of nitrogens with zero attached hydrogens (tertiary/aromatic N) is 1. The predicted octanol–water partition coefficient (Wildman–Crippen LogP) is 4.43. The molecule has 6 heteroatoms. The number of carboxylic acids is 1. The minimum absolute atomic E-state index is 0.0179. The van der Waals surface area contributed by atoms with E-state index in [1.165, 1.54) is 0 Å². The summed E-state index contributed by atoms with van der Waals surface area (Å²) in [6, 6.07) is 10.2. The number of fused-ring (bicyclic) bond motifs is 3. The molecule has 0 unspecified atom stereocenters. The molecule has 1 aliphatic carbocycles.